The lowest BCUT2D eigenvalue weighted by molar-refractivity contribution is 0.301. The first-order chi connectivity index (χ1) is 8.26. The molecule has 1 aliphatic carbocycles. The van der Waals surface area contributed by atoms with Gasteiger partial charge in [-0.15, -0.1) is 0 Å². The van der Waals surface area contributed by atoms with Crippen molar-refractivity contribution in [3.63, 3.8) is 0 Å². The van der Waals surface area contributed by atoms with E-state index in [1.165, 1.54) is 12.8 Å². The summed E-state index contributed by atoms with van der Waals surface area (Å²) in [7, 11) is 0. The molecule has 1 aromatic rings. The third-order valence-corrected chi connectivity index (χ3v) is 2.93. The molecule has 0 bridgehead atoms. The highest BCUT2D eigenvalue weighted by Gasteiger charge is 2.28. The Labute approximate surface area is 100 Å². The van der Waals surface area contributed by atoms with Crippen LogP contribution >= 0.6 is 0 Å². The molecule has 5 heteroatoms. The monoisotopic (exact) mass is 235 g/mol. The summed E-state index contributed by atoms with van der Waals surface area (Å²) in [5.41, 5.74) is 7.25. The van der Waals surface area contributed by atoms with E-state index >= 15 is 0 Å². The highest BCUT2D eigenvalue weighted by molar-refractivity contribution is 5.97. The number of hydrogen-bond acceptors (Lipinski definition) is 4. The Kier molecular flexibility index (Phi) is 3.49. The van der Waals surface area contributed by atoms with Crippen LogP contribution in [0.4, 0.5) is 5.69 Å². The van der Waals surface area contributed by atoms with E-state index < -0.39 is 0 Å². The Morgan fingerprint density at radius 2 is 2.00 bits per heavy atom. The molecule has 5 nitrogen and oxygen atoms in total. The lowest BCUT2D eigenvalue weighted by Gasteiger charge is -2.23. The molecule has 0 spiro atoms. The molecule has 1 saturated carbocycles. The first-order valence-electron chi connectivity index (χ1n) is 5.71. The van der Waals surface area contributed by atoms with Crippen molar-refractivity contribution >= 4 is 11.5 Å². The molecular weight excluding hydrogens is 218 g/mol. The van der Waals surface area contributed by atoms with Crippen molar-refractivity contribution in [2.75, 3.05) is 18.1 Å². The quantitative estimate of drug-likeness (QED) is 0.304. The zero-order valence-corrected chi connectivity index (χ0v) is 9.58. The predicted octanol–water partition coefficient (Wildman–Crippen LogP) is 0.742. The van der Waals surface area contributed by atoms with Gasteiger partial charge < -0.3 is 20.9 Å². The van der Waals surface area contributed by atoms with Gasteiger partial charge in [0.15, 0.2) is 5.84 Å². The average Bonchev–Trinajstić information content (AvgIpc) is 3.19. The van der Waals surface area contributed by atoms with Crippen molar-refractivity contribution in [2.24, 2.45) is 10.9 Å². The first-order valence-corrected chi connectivity index (χ1v) is 5.71. The van der Waals surface area contributed by atoms with Gasteiger partial charge in [0.2, 0.25) is 0 Å². The van der Waals surface area contributed by atoms with Crippen LogP contribution in [0.2, 0.25) is 0 Å². The molecule has 17 heavy (non-hydrogen) atoms. The van der Waals surface area contributed by atoms with E-state index in [1.807, 2.05) is 24.3 Å². The number of hydrogen-bond donors (Lipinski definition) is 3. The predicted molar refractivity (Wildman–Crippen MR) is 66.4 cm³/mol. The standard InChI is InChI=1S/C12H17N3O2/c13-12(14-17)9-1-3-10(4-2-9)15(7-8-16)11-5-6-11/h1-4,11,16-17H,5-8H2,(H2,13,14). The number of anilines is 1. The molecule has 1 fully saturated rings. The molecule has 1 aromatic carbocycles. The van der Waals surface area contributed by atoms with E-state index in [1.54, 1.807) is 0 Å². The third-order valence-electron chi connectivity index (χ3n) is 2.93. The number of nitrogens with zero attached hydrogens (tertiary/aromatic N) is 2. The van der Waals surface area contributed by atoms with Crippen LogP contribution in [0.25, 0.3) is 0 Å². The molecule has 0 amide bonds. The minimum Gasteiger partial charge on any atom is -0.409 e. The van der Waals surface area contributed by atoms with Crippen LogP contribution in [0.5, 0.6) is 0 Å². The Balaban J connectivity index is 2.15. The van der Waals surface area contributed by atoms with Crippen molar-refractivity contribution in [3.05, 3.63) is 29.8 Å². The summed E-state index contributed by atoms with van der Waals surface area (Å²) in [4.78, 5) is 2.19. The normalized spacial score (nSPS) is 15.9. The van der Waals surface area contributed by atoms with E-state index in [-0.39, 0.29) is 12.4 Å². The second-order valence-corrected chi connectivity index (χ2v) is 4.18. The summed E-state index contributed by atoms with van der Waals surface area (Å²) >= 11 is 0. The molecule has 0 atom stereocenters. The summed E-state index contributed by atoms with van der Waals surface area (Å²) in [5.74, 6) is 0.108. The molecule has 0 radical (unpaired) electrons. The molecule has 4 N–H and O–H groups in total. The molecule has 1 aliphatic rings. The zero-order chi connectivity index (χ0) is 12.3. The maximum Gasteiger partial charge on any atom is 0.170 e. The highest BCUT2D eigenvalue weighted by atomic mass is 16.4. The van der Waals surface area contributed by atoms with Crippen LogP contribution in [0.3, 0.4) is 0 Å². The van der Waals surface area contributed by atoms with Gasteiger partial charge in [0.1, 0.15) is 0 Å². The lowest BCUT2D eigenvalue weighted by atomic mass is 10.2. The Hall–Kier alpha value is -1.75. The second-order valence-electron chi connectivity index (χ2n) is 4.18. The van der Waals surface area contributed by atoms with E-state index in [2.05, 4.69) is 10.1 Å². The molecule has 0 saturated heterocycles. The van der Waals surface area contributed by atoms with Crippen LogP contribution in [0.1, 0.15) is 18.4 Å². The number of aliphatic hydroxyl groups excluding tert-OH is 1. The number of amidine groups is 1. The fourth-order valence-corrected chi connectivity index (χ4v) is 1.90. The number of nitrogens with two attached hydrogens (primary N) is 1. The molecule has 2 rings (SSSR count). The van der Waals surface area contributed by atoms with Crippen LogP contribution in [-0.4, -0.2) is 35.3 Å². The lowest BCUT2D eigenvalue weighted by Crippen LogP contribution is -2.28. The van der Waals surface area contributed by atoms with Crippen LogP contribution in [0.15, 0.2) is 29.4 Å². The fourth-order valence-electron chi connectivity index (χ4n) is 1.90. The summed E-state index contributed by atoms with van der Waals surface area (Å²) in [6, 6.07) is 8.05. The fraction of sp³-hybridized carbons (Fsp3) is 0.417. The van der Waals surface area contributed by atoms with Crippen molar-refractivity contribution < 1.29 is 10.3 Å². The van der Waals surface area contributed by atoms with Gasteiger partial charge in [-0.05, 0) is 37.1 Å². The first kappa shape index (κ1) is 11.7. The topological polar surface area (TPSA) is 82.1 Å². The van der Waals surface area contributed by atoms with Crippen LogP contribution in [-0.2, 0) is 0 Å². The SMILES string of the molecule is N/C(=N/O)c1ccc(N(CCO)C2CC2)cc1. The summed E-state index contributed by atoms with van der Waals surface area (Å²) in [6.45, 7) is 0.798. The number of benzene rings is 1. The van der Waals surface area contributed by atoms with E-state index in [4.69, 9.17) is 16.0 Å². The molecular formula is C12H17N3O2. The maximum atomic E-state index is 9.04. The molecule has 0 aliphatic heterocycles. The largest absolute Gasteiger partial charge is 0.409 e. The van der Waals surface area contributed by atoms with Gasteiger partial charge in [-0.3, -0.25) is 0 Å². The maximum absolute atomic E-state index is 9.04. The van der Waals surface area contributed by atoms with Crippen molar-refractivity contribution in [1.82, 2.24) is 0 Å². The number of aliphatic hydroxyl groups is 1. The van der Waals surface area contributed by atoms with Gasteiger partial charge in [-0.25, -0.2) is 0 Å². The van der Waals surface area contributed by atoms with Gasteiger partial charge >= 0.3 is 0 Å². The van der Waals surface area contributed by atoms with Crippen molar-refractivity contribution in [2.45, 2.75) is 18.9 Å². The smallest absolute Gasteiger partial charge is 0.170 e. The summed E-state index contributed by atoms with van der Waals surface area (Å²) in [6.07, 6.45) is 2.37. The van der Waals surface area contributed by atoms with Gasteiger partial charge in [0.05, 0.1) is 6.61 Å². The van der Waals surface area contributed by atoms with E-state index in [0.29, 0.717) is 18.2 Å². The Morgan fingerprint density at radius 1 is 1.35 bits per heavy atom. The van der Waals surface area contributed by atoms with Gasteiger partial charge in [-0.2, -0.15) is 0 Å². The molecule has 0 unspecified atom stereocenters. The van der Waals surface area contributed by atoms with E-state index in [9.17, 15) is 0 Å². The second kappa shape index (κ2) is 5.05. The molecule has 0 aromatic heterocycles. The van der Waals surface area contributed by atoms with Gasteiger partial charge in [0, 0.05) is 23.8 Å². The molecule has 0 heterocycles. The minimum atomic E-state index is 0.108. The number of rotatable bonds is 5. The summed E-state index contributed by atoms with van der Waals surface area (Å²) < 4.78 is 0. The van der Waals surface area contributed by atoms with Crippen molar-refractivity contribution in [1.29, 1.82) is 0 Å². The Morgan fingerprint density at radius 3 is 2.47 bits per heavy atom. The van der Waals surface area contributed by atoms with E-state index in [0.717, 1.165) is 5.69 Å². The number of oxime groups is 1. The van der Waals surface area contributed by atoms with Gasteiger partial charge in [0.25, 0.3) is 0 Å². The summed E-state index contributed by atoms with van der Waals surface area (Å²) in [5, 5.41) is 20.6. The zero-order valence-electron chi connectivity index (χ0n) is 9.58. The minimum absolute atomic E-state index is 0.108. The van der Waals surface area contributed by atoms with Crippen LogP contribution < -0.4 is 10.6 Å². The van der Waals surface area contributed by atoms with Crippen LogP contribution in [0, 0.1) is 0 Å². The Bertz CT molecular complexity index is 399. The average molecular weight is 235 g/mol. The van der Waals surface area contributed by atoms with Crippen molar-refractivity contribution in [3.8, 4) is 0 Å². The third kappa shape index (κ3) is 2.68. The van der Waals surface area contributed by atoms with Gasteiger partial charge in [-0.1, -0.05) is 5.16 Å². The highest BCUT2D eigenvalue weighted by Crippen LogP contribution is 2.31. The molecule has 92 valence electrons.